The van der Waals surface area contributed by atoms with Gasteiger partial charge in [-0.3, -0.25) is 20.4 Å². The number of nitrogens with zero attached hydrogens (tertiary/aromatic N) is 2. The molecule has 140 valence electrons. The Balaban J connectivity index is 1.35. The van der Waals surface area contributed by atoms with Gasteiger partial charge in [-0.1, -0.05) is 22.9 Å². The molecule has 3 rings (SSSR count). The van der Waals surface area contributed by atoms with Gasteiger partial charge < -0.3 is 4.52 Å². The molecule has 0 unspecified atom stereocenters. The molecule has 0 bridgehead atoms. The van der Waals surface area contributed by atoms with E-state index < -0.39 is 0 Å². The zero-order valence-electron chi connectivity index (χ0n) is 14.6. The third kappa shape index (κ3) is 5.93. The van der Waals surface area contributed by atoms with E-state index in [4.69, 9.17) is 4.52 Å². The minimum absolute atomic E-state index is 0.136. The van der Waals surface area contributed by atoms with E-state index >= 15 is 0 Å². The largest absolute Gasteiger partial charge is 0.339 e. The first-order valence-corrected chi connectivity index (χ1v) is 10.2. The second-order valence-electron chi connectivity index (χ2n) is 5.72. The second kappa shape index (κ2) is 9.33. The van der Waals surface area contributed by atoms with Crippen LogP contribution in [0.1, 0.15) is 17.9 Å². The van der Waals surface area contributed by atoms with Crippen molar-refractivity contribution < 1.29 is 14.1 Å². The lowest BCUT2D eigenvalue weighted by Gasteiger charge is -2.06. The summed E-state index contributed by atoms with van der Waals surface area (Å²) in [7, 11) is 0. The van der Waals surface area contributed by atoms with E-state index in [2.05, 4.69) is 21.0 Å². The minimum Gasteiger partial charge on any atom is -0.339 e. The third-order valence-electron chi connectivity index (χ3n) is 3.55. The molecule has 0 aliphatic heterocycles. The lowest BCUT2D eigenvalue weighted by Crippen LogP contribution is -2.42. The minimum atomic E-state index is -0.320. The maximum absolute atomic E-state index is 11.8. The molecule has 9 heteroatoms. The summed E-state index contributed by atoms with van der Waals surface area (Å²) in [6.07, 6.45) is 0.438. The predicted octanol–water partition coefficient (Wildman–Crippen LogP) is 2.98. The maximum atomic E-state index is 11.8. The molecule has 3 aromatic rings. The first-order chi connectivity index (χ1) is 13.1. The fraction of sp³-hybridized carbons (Fsp3) is 0.222. The summed E-state index contributed by atoms with van der Waals surface area (Å²) in [6.45, 7) is 2.01. The Labute approximate surface area is 164 Å². The Morgan fingerprint density at radius 3 is 2.67 bits per heavy atom. The van der Waals surface area contributed by atoms with Crippen molar-refractivity contribution >= 4 is 34.9 Å². The monoisotopic (exact) mass is 402 g/mol. The van der Waals surface area contributed by atoms with Crippen LogP contribution in [0.2, 0.25) is 0 Å². The fourth-order valence-corrected chi connectivity index (χ4v) is 3.44. The van der Waals surface area contributed by atoms with E-state index in [9.17, 15) is 9.59 Å². The zero-order chi connectivity index (χ0) is 19.1. The van der Waals surface area contributed by atoms with Crippen LogP contribution in [0.4, 0.5) is 0 Å². The summed E-state index contributed by atoms with van der Waals surface area (Å²) in [5, 5.41) is 7.74. The highest BCUT2D eigenvalue weighted by Gasteiger charge is 2.11. The normalized spacial score (nSPS) is 10.6. The molecular formula is C18H18N4O3S2. The van der Waals surface area contributed by atoms with Gasteiger partial charge >= 0.3 is 0 Å². The van der Waals surface area contributed by atoms with Crippen molar-refractivity contribution in [2.24, 2.45) is 0 Å². The van der Waals surface area contributed by atoms with Crippen molar-refractivity contribution in [2.75, 3.05) is 5.75 Å². The van der Waals surface area contributed by atoms with Crippen LogP contribution in [0.3, 0.4) is 0 Å². The van der Waals surface area contributed by atoms with Crippen LogP contribution < -0.4 is 10.9 Å². The van der Waals surface area contributed by atoms with Crippen LogP contribution in [-0.4, -0.2) is 27.7 Å². The highest BCUT2D eigenvalue weighted by molar-refractivity contribution is 8.00. The van der Waals surface area contributed by atoms with Crippen LogP contribution in [0, 0.1) is 6.92 Å². The van der Waals surface area contributed by atoms with Crippen LogP contribution in [0.15, 0.2) is 50.5 Å². The SMILES string of the molecule is Cc1ccc(SCC(=O)NNC(=O)CCc2nc(-c3ccsc3)no2)cc1. The van der Waals surface area contributed by atoms with Gasteiger partial charge in [-0.15, -0.1) is 11.8 Å². The van der Waals surface area contributed by atoms with Crippen molar-refractivity contribution in [1.82, 2.24) is 21.0 Å². The summed E-state index contributed by atoms with van der Waals surface area (Å²) in [5.41, 5.74) is 6.85. The first kappa shape index (κ1) is 19.1. The van der Waals surface area contributed by atoms with Gasteiger partial charge in [0.2, 0.25) is 23.5 Å². The molecule has 2 amide bonds. The molecule has 0 fully saturated rings. The van der Waals surface area contributed by atoms with Gasteiger partial charge in [-0.2, -0.15) is 16.3 Å². The Morgan fingerprint density at radius 1 is 1.15 bits per heavy atom. The first-order valence-electron chi connectivity index (χ1n) is 8.22. The molecule has 0 aliphatic rings. The molecule has 0 spiro atoms. The molecule has 0 aliphatic carbocycles. The average molecular weight is 403 g/mol. The summed E-state index contributed by atoms with van der Waals surface area (Å²) in [5.74, 6) is 0.517. The Bertz CT molecular complexity index is 892. The van der Waals surface area contributed by atoms with Crippen LogP contribution in [0.5, 0.6) is 0 Å². The number of benzene rings is 1. The van der Waals surface area contributed by atoms with Crippen molar-refractivity contribution in [3.05, 3.63) is 52.5 Å². The van der Waals surface area contributed by atoms with E-state index in [0.717, 1.165) is 10.5 Å². The molecule has 0 radical (unpaired) electrons. The topological polar surface area (TPSA) is 97.1 Å². The van der Waals surface area contributed by atoms with Gasteiger partial charge in [0, 0.05) is 28.7 Å². The van der Waals surface area contributed by atoms with E-state index in [1.54, 1.807) is 11.3 Å². The number of rotatable bonds is 7. The predicted molar refractivity (Wildman–Crippen MR) is 104 cm³/mol. The Hall–Kier alpha value is -2.65. The molecule has 0 saturated heterocycles. The van der Waals surface area contributed by atoms with Crippen LogP contribution >= 0.6 is 23.1 Å². The van der Waals surface area contributed by atoms with Gasteiger partial charge in [0.05, 0.1) is 5.75 Å². The van der Waals surface area contributed by atoms with Crippen LogP contribution in [0.25, 0.3) is 11.4 Å². The number of hydrazine groups is 1. The van der Waals surface area contributed by atoms with E-state index in [0.29, 0.717) is 18.1 Å². The number of hydrogen-bond acceptors (Lipinski definition) is 7. The van der Waals surface area contributed by atoms with E-state index in [-0.39, 0.29) is 24.0 Å². The van der Waals surface area contributed by atoms with E-state index in [1.807, 2.05) is 48.0 Å². The number of thioether (sulfide) groups is 1. The lowest BCUT2D eigenvalue weighted by molar-refractivity contribution is -0.127. The quantitative estimate of drug-likeness (QED) is 0.466. The summed E-state index contributed by atoms with van der Waals surface area (Å²) >= 11 is 2.95. The number of aromatic nitrogens is 2. The molecule has 0 saturated carbocycles. The Morgan fingerprint density at radius 2 is 1.93 bits per heavy atom. The highest BCUT2D eigenvalue weighted by atomic mass is 32.2. The molecule has 2 N–H and O–H groups in total. The number of hydrogen-bond donors (Lipinski definition) is 2. The van der Waals surface area contributed by atoms with Gasteiger partial charge in [0.25, 0.3) is 0 Å². The molecular weight excluding hydrogens is 384 g/mol. The number of thiophene rings is 1. The van der Waals surface area contributed by atoms with Crippen molar-refractivity contribution in [3.63, 3.8) is 0 Å². The number of carbonyl (C=O) groups is 2. The Kier molecular flexibility index (Phi) is 6.61. The summed E-state index contributed by atoms with van der Waals surface area (Å²) in [4.78, 5) is 28.9. The maximum Gasteiger partial charge on any atom is 0.248 e. The van der Waals surface area contributed by atoms with E-state index in [1.165, 1.54) is 17.3 Å². The van der Waals surface area contributed by atoms with Crippen LogP contribution in [-0.2, 0) is 16.0 Å². The zero-order valence-corrected chi connectivity index (χ0v) is 16.2. The smallest absolute Gasteiger partial charge is 0.248 e. The molecule has 7 nitrogen and oxygen atoms in total. The van der Waals surface area contributed by atoms with Crippen molar-refractivity contribution in [2.45, 2.75) is 24.7 Å². The lowest BCUT2D eigenvalue weighted by atomic mass is 10.2. The molecule has 1 aromatic carbocycles. The average Bonchev–Trinajstić information content (AvgIpc) is 3.35. The van der Waals surface area contributed by atoms with Gasteiger partial charge in [0.1, 0.15) is 0 Å². The number of aryl methyl sites for hydroxylation is 2. The van der Waals surface area contributed by atoms with Crippen molar-refractivity contribution in [3.8, 4) is 11.4 Å². The third-order valence-corrected chi connectivity index (χ3v) is 5.24. The number of carbonyl (C=O) groups excluding carboxylic acids is 2. The molecule has 2 heterocycles. The molecule has 2 aromatic heterocycles. The van der Waals surface area contributed by atoms with Crippen molar-refractivity contribution in [1.29, 1.82) is 0 Å². The molecule has 27 heavy (non-hydrogen) atoms. The van der Waals surface area contributed by atoms with Gasteiger partial charge in [-0.25, -0.2) is 0 Å². The number of nitrogens with one attached hydrogen (secondary N) is 2. The highest BCUT2D eigenvalue weighted by Crippen LogP contribution is 2.19. The summed E-state index contributed by atoms with van der Waals surface area (Å²) < 4.78 is 5.13. The van der Waals surface area contributed by atoms with Gasteiger partial charge in [0.15, 0.2) is 0 Å². The second-order valence-corrected chi connectivity index (χ2v) is 7.55. The molecule has 0 atom stereocenters. The standard InChI is InChI=1S/C18H18N4O3S2/c1-12-2-4-14(5-3-12)27-11-16(24)21-20-15(23)6-7-17-19-18(22-25-17)13-8-9-26-10-13/h2-5,8-10H,6-7,11H2,1H3,(H,20,23)(H,21,24). The fourth-order valence-electron chi connectivity index (χ4n) is 2.11. The number of amides is 2. The van der Waals surface area contributed by atoms with Gasteiger partial charge in [-0.05, 0) is 30.5 Å². The summed E-state index contributed by atoms with van der Waals surface area (Å²) in [6, 6.07) is 9.80.